The fraction of sp³-hybridized carbons (Fsp3) is 0.857. The summed E-state index contributed by atoms with van der Waals surface area (Å²) in [6.07, 6.45) is 3.23. The van der Waals surface area contributed by atoms with E-state index in [1.807, 2.05) is 0 Å². The number of aliphatic carboxylic acids is 1. The second-order valence-corrected chi connectivity index (χ2v) is 5.87. The zero-order valence-electron chi connectivity index (χ0n) is 12.2. The molecule has 1 aliphatic carbocycles. The molecule has 6 heteroatoms. The van der Waals surface area contributed by atoms with Gasteiger partial charge in [-0.15, -0.1) is 0 Å². The van der Waals surface area contributed by atoms with E-state index in [4.69, 9.17) is 0 Å². The molecule has 0 radical (unpaired) electrons. The van der Waals surface area contributed by atoms with Crippen LogP contribution in [0.5, 0.6) is 0 Å². The molecule has 2 aliphatic rings. The molecule has 0 aromatic rings. The molecule has 0 unspecified atom stereocenters. The molecule has 0 bridgehead atoms. The number of carboxylic acids is 1. The first-order valence-electron chi connectivity index (χ1n) is 7.56. The maximum absolute atomic E-state index is 12.1. The third-order valence-corrected chi connectivity index (χ3v) is 4.70. The number of piperazine rings is 1. The molecule has 6 nitrogen and oxygen atoms in total. The van der Waals surface area contributed by atoms with Gasteiger partial charge in [-0.2, -0.15) is 0 Å². The van der Waals surface area contributed by atoms with Crippen molar-refractivity contribution in [2.24, 2.45) is 5.41 Å². The van der Waals surface area contributed by atoms with Crippen LogP contribution in [0.15, 0.2) is 0 Å². The van der Waals surface area contributed by atoms with Gasteiger partial charge in [0.1, 0.15) is 0 Å². The first-order chi connectivity index (χ1) is 9.57. The van der Waals surface area contributed by atoms with E-state index in [0.29, 0.717) is 12.8 Å². The summed E-state index contributed by atoms with van der Waals surface area (Å²) in [5, 5.41) is 12.2. The lowest BCUT2D eigenvalue weighted by atomic mass is 9.86. The monoisotopic (exact) mass is 283 g/mol. The predicted octanol–water partition coefficient (Wildman–Crippen LogP) is 0.978. The highest BCUT2D eigenvalue weighted by atomic mass is 16.4. The van der Waals surface area contributed by atoms with Gasteiger partial charge in [-0.25, -0.2) is 4.79 Å². The predicted molar refractivity (Wildman–Crippen MR) is 75.6 cm³/mol. The highest BCUT2D eigenvalue weighted by Crippen LogP contribution is 2.37. The Bertz CT molecular complexity index is 359. The van der Waals surface area contributed by atoms with Crippen LogP contribution in [0.25, 0.3) is 0 Å². The van der Waals surface area contributed by atoms with E-state index in [2.05, 4.69) is 17.1 Å². The van der Waals surface area contributed by atoms with Gasteiger partial charge in [0, 0.05) is 32.7 Å². The number of carbonyl (C=O) groups excluding carboxylic acids is 1. The van der Waals surface area contributed by atoms with E-state index in [9.17, 15) is 14.7 Å². The molecule has 1 saturated carbocycles. The smallest absolute Gasteiger partial charge is 0.317 e. The standard InChI is InChI=1S/C14H25N3O3/c1-2-16-7-9-17(10-8-16)13(20)15-11-14(12(18)19)5-3-4-6-14/h2-11H2,1H3,(H,15,20)(H,18,19). The minimum absolute atomic E-state index is 0.117. The van der Waals surface area contributed by atoms with Gasteiger partial charge in [0.15, 0.2) is 0 Å². The molecule has 2 amide bonds. The number of likely N-dealkylation sites (N-methyl/N-ethyl adjacent to an activating group) is 1. The van der Waals surface area contributed by atoms with Crippen molar-refractivity contribution in [2.45, 2.75) is 32.6 Å². The Morgan fingerprint density at radius 2 is 1.75 bits per heavy atom. The van der Waals surface area contributed by atoms with E-state index in [-0.39, 0.29) is 12.6 Å². The molecule has 2 N–H and O–H groups in total. The molecule has 114 valence electrons. The molecule has 20 heavy (non-hydrogen) atoms. The quantitative estimate of drug-likeness (QED) is 0.806. The van der Waals surface area contributed by atoms with Crippen molar-refractivity contribution in [3.8, 4) is 0 Å². The van der Waals surface area contributed by atoms with Crippen molar-refractivity contribution in [2.75, 3.05) is 39.3 Å². The Labute approximate surface area is 120 Å². The van der Waals surface area contributed by atoms with Crippen molar-refractivity contribution in [1.82, 2.24) is 15.1 Å². The molecular weight excluding hydrogens is 258 g/mol. The molecule has 0 aromatic carbocycles. The largest absolute Gasteiger partial charge is 0.481 e. The van der Waals surface area contributed by atoms with E-state index in [1.165, 1.54) is 0 Å². The molecule has 2 rings (SSSR count). The Balaban J connectivity index is 1.81. The normalized spacial score (nSPS) is 22.8. The number of hydrogen-bond acceptors (Lipinski definition) is 3. The first kappa shape index (κ1) is 15.1. The zero-order valence-corrected chi connectivity index (χ0v) is 12.2. The Hall–Kier alpha value is -1.30. The van der Waals surface area contributed by atoms with Crippen molar-refractivity contribution in [3.63, 3.8) is 0 Å². The molecule has 0 spiro atoms. The lowest BCUT2D eigenvalue weighted by molar-refractivity contribution is -0.148. The topological polar surface area (TPSA) is 72.9 Å². The SMILES string of the molecule is CCN1CCN(C(=O)NCC2(C(=O)O)CCCC2)CC1. The number of amides is 2. The summed E-state index contributed by atoms with van der Waals surface area (Å²) in [5.74, 6) is -0.772. The van der Waals surface area contributed by atoms with Gasteiger partial charge < -0.3 is 20.2 Å². The maximum Gasteiger partial charge on any atom is 0.317 e. The molecule has 2 fully saturated rings. The van der Waals surface area contributed by atoms with Crippen LogP contribution in [0.1, 0.15) is 32.6 Å². The molecular formula is C14H25N3O3. The van der Waals surface area contributed by atoms with Crippen molar-refractivity contribution in [3.05, 3.63) is 0 Å². The second-order valence-electron chi connectivity index (χ2n) is 5.87. The third-order valence-electron chi connectivity index (χ3n) is 4.70. The van der Waals surface area contributed by atoms with Gasteiger partial charge in [-0.3, -0.25) is 4.79 Å². The van der Waals surface area contributed by atoms with Crippen LogP contribution in [0.4, 0.5) is 4.79 Å². The number of rotatable bonds is 4. The number of hydrogen-bond donors (Lipinski definition) is 2. The summed E-state index contributed by atoms with van der Waals surface area (Å²) in [6, 6.07) is -0.117. The summed E-state index contributed by atoms with van der Waals surface area (Å²) < 4.78 is 0. The molecule has 1 saturated heterocycles. The van der Waals surface area contributed by atoms with Gasteiger partial charge in [-0.05, 0) is 19.4 Å². The van der Waals surface area contributed by atoms with Gasteiger partial charge in [0.2, 0.25) is 0 Å². The van der Waals surface area contributed by atoms with Gasteiger partial charge >= 0.3 is 12.0 Å². The Morgan fingerprint density at radius 1 is 1.15 bits per heavy atom. The van der Waals surface area contributed by atoms with Crippen LogP contribution in [-0.4, -0.2) is 66.2 Å². The van der Waals surface area contributed by atoms with E-state index >= 15 is 0 Å². The summed E-state index contributed by atoms with van der Waals surface area (Å²) in [4.78, 5) is 27.6. The number of urea groups is 1. The summed E-state index contributed by atoms with van der Waals surface area (Å²) in [7, 11) is 0. The minimum atomic E-state index is -0.772. The lowest BCUT2D eigenvalue weighted by Gasteiger charge is -2.34. The van der Waals surface area contributed by atoms with E-state index in [1.54, 1.807) is 4.90 Å². The average Bonchev–Trinajstić information content (AvgIpc) is 2.95. The van der Waals surface area contributed by atoms with Crippen molar-refractivity contribution >= 4 is 12.0 Å². The van der Waals surface area contributed by atoms with Gasteiger partial charge in [0.05, 0.1) is 5.41 Å². The fourth-order valence-electron chi connectivity index (χ4n) is 3.14. The highest BCUT2D eigenvalue weighted by Gasteiger charge is 2.41. The van der Waals surface area contributed by atoms with Crippen LogP contribution in [-0.2, 0) is 4.79 Å². The Morgan fingerprint density at radius 3 is 2.25 bits per heavy atom. The van der Waals surface area contributed by atoms with Crippen LogP contribution >= 0.6 is 0 Å². The maximum atomic E-state index is 12.1. The van der Waals surface area contributed by atoms with Crippen LogP contribution in [0.2, 0.25) is 0 Å². The first-order valence-corrected chi connectivity index (χ1v) is 7.56. The van der Waals surface area contributed by atoms with Crippen molar-refractivity contribution in [1.29, 1.82) is 0 Å². The number of carboxylic acid groups (broad SMARTS) is 1. The third kappa shape index (κ3) is 3.23. The number of carbonyl (C=O) groups is 2. The van der Waals surface area contributed by atoms with Crippen LogP contribution < -0.4 is 5.32 Å². The van der Waals surface area contributed by atoms with Crippen molar-refractivity contribution < 1.29 is 14.7 Å². The summed E-state index contributed by atoms with van der Waals surface area (Å²) in [5.41, 5.74) is -0.735. The van der Waals surface area contributed by atoms with E-state index < -0.39 is 11.4 Å². The zero-order chi connectivity index (χ0) is 14.6. The van der Waals surface area contributed by atoms with Gasteiger partial charge in [-0.1, -0.05) is 19.8 Å². The number of nitrogens with zero attached hydrogens (tertiary/aromatic N) is 2. The summed E-state index contributed by atoms with van der Waals surface area (Å²) >= 11 is 0. The molecule has 0 aromatic heterocycles. The average molecular weight is 283 g/mol. The second kappa shape index (κ2) is 6.43. The Kier molecular flexibility index (Phi) is 4.86. The lowest BCUT2D eigenvalue weighted by Crippen LogP contribution is -2.53. The van der Waals surface area contributed by atoms with E-state index in [0.717, 1.165) is 45.6 Å². The summed E-state index contributed by atoms with van der Waals surface area (Å²) in [6.45, 7) is 6.63. The van der Waals surface area contributed by atoms with Crippen LogP contribution in [0.3, 0.4) is 0 Å². The highest BCUT2D eigenvalue weighted by molar-refractivity contribution is 5.78. The molecule has 1 aliphatic heterocycles. The minimum Gasteiger partial charge on any atom is -0.481 e. The fourth-order valence-corrected chi connectivity index (χ4v) is 3.14. The van der Waals surface area contributed by atoms with Crippen LogP contribution in [0, 0.1) is 5.41 Å². The van der Waals surface area contributed by atoms with Gasteiger partial charge in [0.25, 0.3) is 0 Å². The molecule has 1 heterocycles. The number of nitrogens with one attached hydrogen (secondary N) is 1. The molecule has 0 atom stereocenters.